The van der Waals surface area contributed by atoms with Crippen LogP contribution in [0.4, 0.5) is 4.39 Å². The lowest BCUT2D eigenvalue weighted by Gasteiger charge is -2.15. The van der Waals surface area contributed by atoms with Crippen LogP contribution in [0.3, 0.4) is 0 Å². The largest absolute Gasteiger partial charge is 0.339 e. The van der Waals surface area contributed by atoms with Crippen LogP contribution >= 0.6 is 0 Å². The molecule has 0 aliphatic rings. The Hall–Kier alpha value is -1.22. The molecule has 0 saturated heterocycles. The molecule has 0 fully saturated rings. The zero-order valence-electron chi connectivity index (χ0n) is 6.58. The number of hydrogen-bond acceptors (Lipinski definition) is 2. The molecule has 12 heavy (non-hydrogen) atoms. The van der Waals surface area contributed by atoms with Gasteiger partial charge in [0.15, 0.2) is 0 Å². The molecule has 0 aromatic heterocycles. The molecule has 0 spiro atoms. The van der Waals surface area contributed by atoms with Gasteiger partial charge in [0.1, 0.15) is 0 Å². The van der Waals surface area contributed by atoms with Gasteiger partial charge in [-0.15, -0.1) is 0 Å². The van der Waals surface area contributed by atoms with Gasteiger partial charge in [-0.1, -0.05) is 30.3 Å². The van der Waals surface area contributed by atoms with Crippen LogP contribution in [0.1, 0.15) is 5.56 Å². The molecule has 3 heteroatoms. The molecule has 2 nitrogen and oxygen atoms in total. The van der Waals surface area contributed by atoms with Crippen molar-refractivity contribution in [2.24, 2.45) is 0 Å². The van der Waals surface area contributed by atoms with Crippen molar-refractivity contribution in [2.45, 2.75) is 5.85 Å². The molecule has 0 amide bonds. The normalized spacial score (nSPS) is 15.2. The van der Waals surface area contributed by atoms with E-state index >= 15 is 0 Å². The molecule has 0 bridgehead atoms. The van der Waals surface area contributed by atoms with Gasteiger partial charge >= 0.3 is 5.85 Å². The summed E-state index contributed by atoms with van der Waals surface area (Å²) in [6.07, 6.45) is 1.21. The van der Waals surface area contributed by atoms with Crippen molar-refractivity contribution >= 4 is 6.29 Å². The van der Waals surface area contributed by atoms with Crippen LogP contribution in [-0.2, 0) is 15.4 Å². The summed E-state index contributed by atoms with van der Waals surface area (Å²) >= 11 is 0. The summed E-state index contributed by atoms with van der Waals surface area (Å²) in [6, 6.07) is 7.91. The van der Waals surface area contributed by atoms with Crippen molar-refractivity contribution in [1.82, 2.24) is 0 Å². The predicted octanol–water partition coefficient (Wildman–Crippen LogP) is 1.56. The number of carbonyl (C=O) groups excluding carboxylic acids is 1. The maximum absolute atomic E-state index is 13.3. The number of methoxy groups -OCH3 is 1. The molecule has 1 atom stereocenters. The van der Waals surface area contributed by atoms with Gasteiger partial charge in [-0.3, -0.25) is 4.79 Å². The first-order valence-electron chi connectivity index (χ1n) is 3.42. The van der Waals surface area contributed by atoms with Gasteiger partial charge in [-0.2, -0.15) is 4.39 Å². The molecule has 0 aliphatic heterocycles. The van der Waals surface area contributed by atoms with E-state index < -0.39 is 5.85 Å². The Labute approximate surface area is 70.0 Å². The van der Waals surface area contributed by atoms with Gasteiger partial charge < -0.3 is 4.74 Å². The van der Waals surface area contributed by atoms with Crippen molar-refractivity contribution in [3.63, 3.8) is 0 Å². The second kappa shape index (κ2) is 3.45. The van der Waals surface area contributed by atoms with Gasteiger partial charge in [0, 0.05) is 12.7 Å². The standard InChI is InChI=1S/C9H8FO2/c1-12-9(10,7-11)8-5-3-2-4-6-8/h2-6H,1H3. The second-order valence-electron chi connectivity index (χ2n) is 2.27. The maximum atomic E-state index is 13.3. The first kappa shape index (κ1) is 8.87. The minimum Gasteiger partial charge on any atom is -0.339 e. The molecular weight excluding hydrogens is 159 g/mol. The Morgan fingerprint density at radius 2 is 2.00 bits per heavy atom. The Morgan fingerprint density at radius 3 is 2.42 bits per heavy atom. The molecule has 63 valence electrons. The lowest BCUT2D eigenvalue weighted by Crippen LogP contribution is -2.23. The fourth-order valence-corrected chi connectivity index (χ4v) is 0.871. The van der Waals surface area contributed by atoms with E-state index in [2.05, 4.69) is 4.74 Å². The molecule has 1 rings (SSSR count). The number of halogens is 1. The molecule has 0 N–H and O–H groups in total. The first-order valence-corrected chi connectivity index (χ1v) is 3.42. The lowest BCUT2D eigenvalue weighted by atomic mass is 10.1. The van der Waals surface area contributed by atoms with Gasteiger partial charge in [-0.05, 0) is 0 Å². The number of benzene rings is 1. The zero-order chi connectivity index (χ0) is 9.03. The Bertz CT molecular complexity index is 260. The van der Waals surface area contributed by atoms with Gasteiger partial charge in [-0.25, -0.2) is 0 Å². The second-order valence-corrected chi connectivity index (χ2v) is 2.27. The third-order valence-corrected chi connectivity index (χ3v) is 1.56. The monoisotopic (exact) mass is 167 g/mol. The van der Waals surface area contributed by atoms with Crippen LogP contribution in [-0.4, -0.2) is 13.4 Å². The molecule has 1 aromatic rings. The fraction of sp³-hybridized carbons (Fsp3) is 0.222. The molecule has 0 heterocycles. The smallest absolute Gasteiger partial charge is 0.302 e. The van der Waals surface area contributed by atoms with Crippen molar-refractivity contribution in [3.8, 4) is 0 Å². The van der Waals surface area contributed by atoms with Gasteiger partial charge in [0.25, 0.3) is 6.29 Å². The van der Waals surface area contributed by atoms with E-state index in [0.717, 1.165) is 7.11 Å². The van der Waals surface area contributed by atoms with Crippen molar-refractivity contribution in [2.75, 3.05) is 7.11 Å². The van der Waals surface area contributed by atoms with E-state index in [1.165, 1.54) is 18.4 Å². The molecule has 0 saturated carbocycles. The third kappa shape index (κ3) is 1.51. The number of ether oxygens (including phenoxy) is 1. The number of hydrogen-bond donors (Lipinski definition) is 0. The van der Waals surface area contributed by atoms with Gasteiger partial charge in [0.05, 0.1) is 0 Å². The van der Waals surface area contributed by atoms with Crippen molar-refractivity contribution in [3.05, 3.63) is 35.9 Å². The molecule has 1 radical (unpaired) electrons. The third-order valence-electron chi connectivity index (χ3n) is 1.56. The van der Waals surface area contributed by atoms with Crippen molar-refractivity contribution in [1.29, 1.82) is 0 Å². The van der Waals surface area contributed by atoms with Crippen molar-refractivity contribution < 1.29 is 13.9 Å². The van der Waals surface area contributed by atoms with E-state index in [-0.39, 0.29) is 5.56 Å². The van der Waals surface area contributed by atoms with Crippen LogP contribution in [0.25, 0.3) is 0 Å². The fourth-order valence-electron chi connectivity index (χ4n) is 0.871. The highest BCUT2D eigenvalue weighted by Gasteiger charge is 2.32. The minimum atomic E-state index is -2.43. The van der Waals surface area contributed by atoms with E-state index in [1.54, 1.807) is 18.2 Å². The van der Waals surface area contributed by atoms with Crippen LogP contribution in [0.5, 0.6) is 0 Å². The minimum absolute atomic E-state index is 0.155. The molecule has 1 unspecified atom stereocenters. The quantitative estimate of drug-likeness (QED) is 0.682. The van der Waals surface area contributed by atoms with E-state index in [4.69, 9.17) is 0 Å². The van der Waals surface area contributed by atoms with Crippen LogP contribution in [0.15, 0.2) is 30.3 Å². The number of rotatable bonds is 3. The predicted molar refractivity (Wildman–Crippen MR) is 41.9 cm³/mol. The molecule has 1 aromatic carbocycles. The Balaban J connectivity index is 3.03. The highest BCUT2D eigenvalue weighted by Crippen LogP contribution is 2.23. The Morgan fingerprint density at radius 1 is 1.42 bits per heavy atom. The topological polar surface area (TPSA) is 26.3 Å². The first-order chi connectivity index (χ1) is 5.73. The van der Waals surface area contributed by atoms with Crippen LogP contribution < -0.4 is 0 Å². The highest BCUT2D eigenvalue weighted by molar-refractivity contribution is 5.64. The summed E-state index contributed by atoms with van der Waals surface area (Å²) in [7, 11) is 1.12. The van der Waals surface area contributed by atoms with E-state index in [0.29, 0.717) is 0 Å². The zero-order valence-corrected chi connectivity index (χ0v) is 6.58. The van der Waals surface area contributed by atoms with Gasteiger partial charge in [0.2, 0.25) is 0 Å². The lowest BCUT2D eigenvalue weighted by molar-refractivity contribution is -0.0675. The van der Waals surface area contributed by atoms with E-state index in [1.807, 2.05) is 0 Å². The Kier molecular flexibility index (Phi) is 2.55. The number of alkyl halides is 1. The molecular formula is C9H8FO2. The molecule has 0 aliphatic carbocycles. The SMILES string of the molecule is COC(F)([C]=O)c1ccccc1. The summed E-state index contributed by atoms with van der Waals surface area (Å²) in [6.45, 7) is 0. The average Bonchev–Trinajstić information content (AvgIpc) is 2.18. The van der Waals surface area contributed by atoms with Crippen LogP contribution in [0.2, 0.25) is 0 Å². The summed E-state index contributed by atoms with van der Waals surface area (Å²) < 4.78 is 17.7. The van der Waals surface area contributed by atoms with Crippen LogP contribution in [0, 0.1) is 0 Å². The summed E-state index contributed by atoms with van der Waals surface area (Å²) in [5.41, 5.74) is 0.155. The van der Waals surface area contributed by atoms with E-state index in [9.17, 15) is 9.18 Å². The summed E-state index contributed by atoms with van der Waals surface area (Å²) in [5.74, 6) is -2.43. The average molecular weight is 167 g/mol. The summed E-state index contributed by atoms with van der Waals surface area (Å²) in [5, 5.41) is 0. The highest BCUT2D eigenvalue weighted by atomic mass is 19.2. The maximum Gasteiger partial charge on any atom is 0.302 e. The summed E-state index contributed by atoms with van der Waals surface area (Å²) in [4.78, 5) is 10.2.